The number of nitrogens with one attached hydrogen (secondary N) is 1. The van der Waals surface area contributed by atoms with Crippen LogP contribution in [0.4, 0.5) is 4.79 Å². The average molecular weight is 292 g/mol. The van der Waals surface area contributed by atoms with Gasteiger partial charge in [-0.15, -0.1) is 0 Å². The van der Waals surface area contributed by atoms with Gasteiger partial charge >= 0.3 is 12.1 Å². The van der Waals surface area contributed by atoms with Gasteiger partial charge < -0.3 is 15.2 Å². The number of carbonyl (C=O) groups is 2. The molecule has 1 aromatic rings. The van der Waals surface area contributed by atoms with Crippen LogP contribution < -0.4 is 5.32 Å². The van der Waals surface area contributed by atoms with E-state index in [9.17, 15) is 9.59 Å². The predicted molar refractivity (Wildman–Crippen MR) is 71.2 cm³/mol. The predicted octanol–water partition coefficient (Wildman–Crippen LogP) is 0.869. The van der Waals surface area contributed by atoms with Crippen LogP contribution in [0.2, 0.25) is 0 Å². The first-order chi connectivity index (χ1) is 9.71. The Bertz CT molecular complexity index is 557. The normalized spacial score (nSPS) is 12.1. The average Bonchev–Trinajstić information content (AvgIpc) is 2.36. The van der Waals surface area contributed by atoms with Crippen LogP contribution in [-0.2, 0) is 16.0 Å². The SMILES string of the molecule is CC(C)(C)OC(=O)N[C@@H](Cc1cnc(C#N)cn1)C(=O)O. The lowest BCUT2D eigenvalue weighted by Crippen LogP contribution is -2.44. The molecule has 112 valence electrons. The molecule has 0 bridgehead atoms. The van der Waals surface area contributed by atoms with Crippen molar-refractivity contribution in [3.63, 3.8) is 0 Å². The molecule has 0 saturated carbocycles. The summed E-state index contributed by atoms with van der Waals surface area (Å²) in [5, 5.41) is 20.0. The number of alkyl carbamates (subject to hydrolysis) is 1. The lowest BCUT2D eigenvalue weighted by molar-refractivity contribution is -0.139. The molecule has 8 heteroatoms. The number of nitriles is 1. The number of aliphatic carboxylic acids is 1. The summed E-state index contributed by atoms with van der Waals surface area (Å²) in [6.07, 6.45) is 1.65. The molecule has 0 unspecified atom stereocenters. The van der Waals surface area contributed by atoms with Crippen molar-refractivity contribution in [1.29, 1.82) is 5.26 Å². The maximum absolute atomic E-state index is 11.6. The van der Waals surface area contributed by atoms with Crippen LogP contribution in [0.5, 0.6) is 0 Å². The number of hydrogen-bond donors (Lipinski definition) is 2. The molecular formula is C13H16N4O4. The molecule has 1 amide bonds. The van der Waals surface area contributed by atoms with Gasteiger partial charge in [-0.2, -0.15) is 5.26 Å². The Kier molecular flexibility index (Phi) is 5.18. The van der Waals surface area contributed by atoms with Gasteiger partial charge in [-0.25, -0.2) is 14.6 Å². The largest absolute Gasteiger partial charge is 0.480 e. The van der Waals surface area contributed by atoms with Gasteiger partial charge in [0.1, 0.15) is 17.7 Å². The first kappa shape index (κ1) is 16.4. The minimum Gasteiger partial charge on any atom is -0.480 e. The molecule has 8 nitrogen and oxygen atoms in total. The van der Waals surface area contributed by atoms with Crippen molar-refractivity contribution in [3.8, 4) is 6.07 Å². The molecule has 2 N–H and O–H groups in total. The summed E-state index contributed by atoms with van der Waals surface area (Å²) in [5.41, 5.74) is -0.246. The summed E-state index contributed by atoms with van der Waals surface area (Å²) in [4.78, 5) is 30.4. The highest BCUT2D eigenvalue weighted by Gasteiger charge is 2.24. The van der Waals surface area contributed by atoms with Gasteiger partial charge in [-0.05, 0) is 20.8 Å². The first-order valence-electron chi connectivity index (χ1n) is 6.14. The Labute approximate surface area is 121 Å². The zero-order valence-electron chi connectivity index (χ0n) is 12.0. The van der Waals surface area contributed by atoms with Crippen LogP contribution in [0.15, 0.2) is 12.4 Å². The number of aromatic nitrogens is 2. The molecule has 0 saturated heterocycles. The number of nitrogens with zero attached hydrogens (tertiary/aromatic N) is 3. The second-order valence-corrected chi connectivity index (χ2v) is 5.25. The fraction of sp³-hybridized carbons (Fsp3) is 0.462. The van der Waals surface area contributed by atoms with E-state index in [0.717, 1.165) is 0 Å². The van der Waals surface area contributed by atoms with E-state index in [4.69, 9.17) is 15.1 Å². The topological polar surface area (TPSA) is 125 Å². The second kappa shape index (κ2) is 6.65. The third-order valence-electron chi connectivity index (χ3n) is 2.22. The third kappa shape index (κ3) is 5.86. The van der Waals surface area contributed by atoms with Crippen molar-refractivity contribution < 1.29 is 19.4 Å². The molecule has 1 rings (SSSR count). The lowest BCUT2D eigenvalue weighted by atomic mass is 10.1. The maximum atomic E-state index is 11.6. The summed E-state index contributed by atoms with van der Waals surface area (Å²) in [5.74, 6) is -1.22. The molecule has 1 atom stereocenters. The Morgan fingerprint density at radius 2 is 2.10 bits per heavy atom. The van der Waals surface area contributed by atoms with Crippen molar-refractivity contribution in [1.82, 2.24) is 15.3 Å². The number of carboxylic acid groups (broad SMARTS) is 1. The second-order valence-electron chi connectivity index (χ2n) is 5.25. The van der Waals surface area contributed by atoms with Gasteiger partial charge in [0, 0.05) is 6.42 Å². The first-order valence-corrected chi connectivity index (χ1v) is 6.14. The highest BCUT2D eigenvalue weighted by Crippen LogP contribution is 2.07. The molecule has 0 aliphatic rings. The van der Waals surface area contributed by atoms with Crippen molar-refractivity contribution in [2.24, 2.45) is 0 Å². The van der Waals surface area contributed by atoms with E-state index in [1.165, 1.54) is 12.4 Å². The summed E-state index contributed by atoms with van der Waals surface area (Å²) in [6, 6.07) is 0.616. The molecule has 1 heterocycles. The van der Waals surface area contributed by atoms with Crippen LogP contribution in [-0.4, -0.2) is 38.8 Å². The van der Waals surface area contributed by atoms with Crippen LogP contribution in [0.3, 0.4) is 0 Å². The molecule has 0 aliphatic heterocycles. The van der Waals surface area contributed by atoms with E-state index < -0.39 is 23.7 Å². The zero-order valence-corrected chi connectivity index (χ0v) is 12.0. The van der Waals surface area contributed by atoms with Crippen LogP contribution in [0, 0.1) is 11.3 Å². The van der Waals surface area contributed by atoms with Crippen molar-refractivity contribution >= 4 is 12.1 Å². The maximum Gasteiger partial charge on any atom is 0.408 e. The standard InChI is InChI=1S/C13H16N4O4/c1-13(2,3)21-12(20)17-10(11(18)19)4-8-6-16-9(5-14)7-15-8/h6-7,10H,4H2,1-3H3,(H,17,20)(H,18,19)/t10-/m0/s1. The van der Waals surface area contributed by atoms with E-state index in [1.54, 1.807) is 20.8 Å². The van der Waals surface area contributed by atoms with Gasteiger partial charge in [0.2, 0.25) is 0 Å². The molecular weight excluding hydrogens is 276 g/mol. The van der Waals surface area contributed by atoms with Crippen LogP contribution in [0.25, 0.3) is 0 Å². The van der Waals surface area contributed by atoms with Gasteiger partial charge in [-0.3, -0.25) is 4.98 Å². The summed E-state index contributed by atoms with van der Waals surface area (Å²) in [6.45, 7) is 5.03. The fourth-order valence-corrected chi connectivity index (χ4v) is 1.38. The van der Waals surface area contributed by atoms with Gasteiger partial charge in [0.15, 0.2) is 5.69 Å². The van der Waals surface area contributed by atoms with E-state index >= 15 is 0 Å². The van der Waals surface area contributed by atoms with E-state index in [-0.39, 0.29) is 12.1 Å². The fourth-order valence-electron chi connectivity index (χ4n) is 1.38. The highest BCUT2D eigenvalue weighted by atomic mass is 16.6. The van der Waals surface area contributed by atoms with Crippen molar-refractivity contribution in [2.75, 3.05) is 0 Å². The van der Waals surface area contributed by atoms with E-state index in [0.29, 0.717) is 5.69 Å². The minimum atomic E-state index is -1.22. The number of rotatable bonds is 4. The van der Waals surface area contributed by atoms with Crippen LogP contribution in [0.1, 0.15) is 32.2 Å². The molecule has 0 aromatic carbocycles. The Hall–Kier alpha value is -2.69. The quantitative estimate of drug-likeness (QED) is 0.843. The van der Waals surface area contributed by atoms with E-state index in [2.05, 4.69) is 15.3 Å². The molecule has 21 heavy (non-hydrogen) atoms. The Balaban J connectivity index is 2.72. The summed E-state index contributed by atoms with van der Waals surface area (Å²) in [7, 11) is 0. The number of ether oxygens (including phenoxy) is 1. The van der Waals surface area contributed by atoms with Crippen LogP contribution >= 0.6 is 0 Å². The molecule has 0 aliphatic carbocycles. The van der Waals surface area contributed by atoms with Gasteiger partial charge in [-0.1, -0.05) is 0 Å². The number of carboxylic acids is 1. The van der Waals surface area contributed by atoms with Crippen molar-refractivity contribution in [2.45, 2.75) is 38.8 Å². The lowest BCUT2D eigenvalue weighted by Gasteiger charge is -2.21. The van der Waals surface area contributed by atoms with Crippen molar-refractivity contribution in [3.05, 3.63) is 23.8 Å². The number of carbonyl (C=O) groups excluding carboxylic acids is 1. The highest BCUT2D eigenvalue weighted by molar-refractivity contribution is 5.80. The number of amides is 1. The minimum absolute atomic E-state index is 0.0622. The Morgan fingerprint density at radius 3 is 2.52 bits per heavy atom. The van der Waals surface area contributed by atoms with E-state index in [1.807, 2.05) is 6.07 Å². The van der Waals surface area contributed by atoms with Gasteiger partial charge in [0.25, 0.3) is 0 Å². The number of hydrogen-bond acceptors (Lipinski definition) is 6. The summed E-state index contributed by atoms with van der Waals surface area (Å²) < 4.78 is 5.00. The molecule has 0 fully saturated rings. The third-order valence-corrected chi connectivity index (χ3v) is 2.22. The summed E-state index contributed by atoms with van der Waals surface area (Å²) >= 11 is 0. The molecule has 1 aromatic heterocycles. The molecule has 0 radical (unpaired) electrons. The zero-order chi connectivity index (χ0) is 16.0. The Morgan fingerprint density at radius 1 is 1.43 bits per heavy atom. The molecule has 0 spiro atoms. The smallest absolute Gasteiger partial charge is 0.408 e. The monoisotopic (exact) mass is 292 g/mol. The van der Waals surface area contributed by atoms with Gasteiger partial charge in [0.05, 0.1) is 18.1 Å².